The van der Waals surface area contributed by atoms with Gasteiger partial charge >= 0.3 is 6.18 Å². The van der Waals surface area contributed by atoms with Gasteiger partial charge in [0.25, 0.3) is 21.8 Å². The second-order valence-corrected chi connectivity index (χ2v) is 17.2. The number of halogens is 3. The van der Waals surface area contributed by atoms with Gasteiger partial charge in [0.05, 0.1) is 10.5 Å². The molecular formula is C41H41F3N6O5S2. The first kappa shape index (κ1) is 41.0. The number of rotatable bonds is 11. The van der Waals surface area contributed by atoms with E-state index >= 15 is 0 Å². The first-order chi connectivity index (χ1) is 27.0. The van der Waals surface area contributed by atoms with Crippen molar-refractivity contribution in [2.45, 2.75) is 42.2 Å². The largest absolute Gasteiger partial charge is 0.508 e. The fourth-order valence-corrected chi connectivity index (χ4v) is 7.93. The van der Waals surface area contributed by atoms with Gasteiger partial charge in [-0.3, -0.25) is 9.59 Å². The monoisotopic (exact) mass is 818 g/mol. The van der Waals surface area contributed by atoms with Crippen LogP contribution >= 0.6 is 11.8 Å². The number of thioether (sulfide) groups is 1. The van der Waals surface area contributed by atoms with E-state index in [9.17, 15) is 36.3 Å². The van der Waals surface area contributed by atoms with Crippen molar-refractivity contribution >= 4 is 45.1 Å². The molecule has 1 fully saturated rings. The summed E-state index contributed by atoms with van der Waals surface area (Å²) in [5, 5.41) is 20.8. The summed E-state index contributed by atoms with van der Waals surface area (Å²) in [4.78, 5) is 30.5. The van der Waals surface area contributed by atoms with Gasteiger partial charge in [-0.2, -0.15) is 13.2 Å². The van der Waals surface area contributed by atoms with Gasteiger partial charge in [-0.25, -0.2) is 13.1 Å². The number of nitrogens with zero attached hydrogens (tertiary/aromatic N) is 4. The summed E-state index contributed by atoms with van der Waals surface area (Å²) in [5.74, 6) is -0.331. The molecule has 1 aliphatic rings. The molecule has 6 rings (SSSR count). The van der Waals surface area contributed by atoms with E-state index in [-0.39, 0.29) is 35.0 Å². The Hall–Kier alpha value is -5.61. The van der Waals surface area contributed by atoms with Crippen LogP contribution in [0.5, 0.6) is 5.75 Å². The Bertz CT molecular complexity index is 2350. The highest BCUT2D eigenvalue weighted by Crippen LogP contribution is 2.37. The molecule has 16 heteroatoms. The van der Waals surface area contributed by atoms with Crippen LogP contribution in [0.4, 0.5) is 24.7 Å². The quantitative estimate of drug-likeness (QED) is 0.0908. The molecule has 0 unspecified atom stereocenters. The van der Waals surface area contributed by atoms with Gasteiger partial charge in [-0.1, -0.05) is 57.2 Å². The number of sulfonamides is 1. The van der Waals surface area contributed by atoms with E-state index < -0.39 is 32.6 Å². The topological polar surface area (TPSA) is 145 Å². The highest BCUT2D eigenvalue weighted by Gasteiger charge is 2.35. The number of anilines is 2. The Morgan fingerprint density at radius 3 is 2.21 bits per heavy atom. The third-order valence-electron chi connectivity index (χ3n) is 9.26. The number of aromatic hydroxyl groups is 1. The molecule has 0 spiro atoms. The van der Waals surface area contributed by atoms with Crippen molar-refractivity contribution in [3.8, 4) is 16.9 Å². The number of benzene rings is 4. The average molecular weight is 819 g/mol. The second kappa shape index (κ2) is 16.9. The lowest BCUT2D eigenvalue weighted by atomic mass is 9.84. The Labute approximate surface area is 333 Å². The Kier molecular flexibility index (Phi) is 12.1. The maximum Gasteiger partial charge on any atom is 0.418 e. The van der Waals surface area contributed by atoms with E-state index in [0.717, 1.165) is 33.7 Å². The number of aromatic nitrogens is 2. The van der Waals surface area contributed by atoms with Crippen LogP contribution in [0, 0.1) is 0 Å². The molecule has 298 valence electrons. The van der Waals surface area contributed by atoms with Gasteiger partial charge in [0.2, 0.25) is 0 Å². The number of carbonyl (C=O) groups is 2. The first-order valence-electron chi connectivity index (χ1n) is 18.0. The first-order valence-corrected chi connectivity index (χ1v) is 20.5. The van der Waals surface area contributed by atoms with Crippen LogP contribution < -0.4 is 14.9 Å². The molecular weight excluding hydrogens is 778 g/mol. The van der Waals surface area contributed by atoms with Crippen LogP contribution in [0.1, 0.15) is 52.7 Å². The van der Waals surface area contributed by atoms with E-state index in [1.165, 1.54) is 23.9 Å². The van der Waals surface area contributed by atoms with Crippen LogP contribution in [0.25, 0.3) is 11.1 Å². The van der Waals surface area contributed by atoms with Crippen molar-refractivity contribution < 1.29 is 36.3 Å². The summed E-state index contributed by atoms with van der Waals surface area (Å²) >= 11 is 1.45. The molecule has 4 aromatic carbocycles. The Morgan fingerprint density at radius 1 is 0.825 bits per heavy atom. The second-order valence-electron chi connectivity index (χ2n) is 14.4. The minimum Gasteiger partial charge on any atom is -0.508 e. The van der Waals surface area contributed by atoms with Crippen LogP contribution in [0.3, 0.4) is 0 Å². The highest BCUT2D eigenvalue weighted by molar-refractivity contribution is 7.99. The van der Waals surface area contributed by atoms with Gasteiger partial charge in [0.1, 0.15) is 5.75 Å². The number of hydrogen-bond acceptors (Lipinski definition) is 10. The number of alkyl halides is 3. The van der Waals surface area contributed by atoms with Gasteiger partial charge in [-0.05, 0) is 88.8 Å². The van der Waals surface area contributed by atoms with Gasteiger partial charge < -0.3 is 20.2 Å². The maximum atomic E-state index is 14.0. The highest BCUT2D eigenvalue weighted by atomic mass is 32.2. The predicted molar refractivity (Wildman–Crippen MR) is 214 cm³/mol. The molecule has 0 saturated carbocycles. The fourth-order valence-electron chi connectivity index (χ4n) is 6.16. The van der Waals surface area contributed by atoms with Crippen molar-refractivity contribution in [2.75, 3.05) is 48.7 Å². The normalized spacial score (nSPS) is 13.6. The van der Waals surface area contributed by atoms with Crippen LogP contribution in [0.15, 0.2) is 113 Å². The van der Waals surface area contributed by atoms with E-state index in [2.05, 4.69) is 36.3 Å². The predicted octanol–water partition coefficient (Wildman–Crippen LogP) is 7.45. The number of phenols is 1. The molecule has 0 radical (unpaired) electrons. The van der Waals surface area contributed by atoms with Crippen molar-refractivity contribution in [3.63, 3.8) is 0 Å². The molecule has 0 aliphatic carbocycles. The number of nitrogens with one attached hydrogen (secondary N) is 2. The minimum atomic E-state index is -4.88. The fraction of sp³-hybridized carbons (Fsp3) is 0.268. The minimum absolute atomic E-state index is 0.127. The Balaban J connectivity index is 1.07. The average Bonchev–Trinajstić information content (AvgIpc) is 3.18. The van der Waals surface area contributed by atoms with Crippen LogP contribution in [0.2, 0.25) is 0 Å². The summed E-state index contributed by atoms with van der Waals surface area (Å²) in [7, 11) is -4.73. The lowest BCUT2D eigenvalue weighted by molar-refractivity contribution is -0.137. The van der Waals surface area contributed by atoms with Gasteiger partial charge in [-0.15, -0.1) is 22.0 Å². The van der Waals surface area contributed by atoms with Crippen molar-refractivity contribution in [3.05, 3.63) is 126 Å². The number of piperazine rings is 1. The van der Waals surface area contributed by atoms with Gasteiger partial charge in [0.15, 0.2) is 11.5 Å². The van der Waals surface area contributed by atoms with E-state index in [0.29, 0.717) is 49.4 Å². The summed E-state index contributed by atoms with van der Waals surface area (Å²) in [5.41, 5.74) is 1.02. The third kappa shape index (κ3) is 10.2. The van der Waals surface area contributed by atoms with E-state index in [1.807, 2.05) is 59.5 Å². The third-order valence-corrected chi connectivity index (χ3v) is 11.6. The van der Waals surface area contributed by atoms with E-state index in [1.54, 1.807) is 27.8 Å². The SMILES string of the molecule is CC(C)(C)c1cc(C(=O)N2CCN(c3ccc(C(=O)NS(=O)(=O)c4ccc(NCCSc5ccccc5)c(C(F)(F)F)c4)nn3)CC2)cc(-c2cccc(O)c2)c1. The standard InChI is InChI=1S/C41H41F3N6O5S2/c1-40(2,3)30-23-28(27-8-7-9-31(51)25-27)22-29(24-30)39(53)50-19-17-49(18-20-50)37-15-14-36(46-47-37)38(52)48-57(54,55)33-12-13-35(34(26-33)41(42,43)44)45-16-21-56-32-10-5-4-6-11-32/h4-15,22-26,45,51H,16-21H2,1-3H3,(H,48,52). The molecule has 57 heavy (non-hydrogen) atoms. The van der Waals surface area contributed by atoms with Crippen LogP contribution in [-0.4, -0.2) is 78.9 Å². The summed E-state index contributed by atoms with van der Waals surface area (Å²) in [6.07, 6.45) is -4.88. The zero-order chi connectivity index (χ0) is 41.0. The molecule has 1 aromatic heterocycles. The molecule has 2 heterocycles. The van der Waals surface area contributed by atoms with E-state index in [4.69, 9.17) is 0 Å². The molecule has 2 amide bonds. The smallest absolute Gasteiger partial charge is 0.418 e. The molecule has 11 nitrogen and oxygen atoms in total. The zero-order valence-electron chi connectivity index (χ0n) is 31.4. The molecule has 5 aromatic rings. The van der Waals surface area contributed by atoms with Crippen LogP contribution in [-0.2, 0) is 21.6 Å². The summed E-state index contributed by atoms with van der Waals surface area (Å²) in [6.45, 7) is 7.91. The maximum absolute atomic E-state index is 14.0. The van der Waals surface area contributed by atoms with Crippen molar-refractivity contribution in [1.82, 2.24) is 19.8 Å². The molecule has 0 bridgehead atoms. The lowest BCUT2D eigenvalue weighted by Gasteiger charge is -2.35. The summed E-state index contributed by atoms with van der Waals surface area (Å²) in [6, 6.07) is 27.2. The number of carbonyl (C=O) groups excluding carboxylic acids is 2. The summed E-state index contributed by atoms with van der Waals surface area (Å²) < 4.78 is 70.0. The van der Waals surface area contributed by atoms with Gasteiger partial charge in [0, 0.05) is 54.6 Å². The molecule has 1 aliphatic heterocycles. The van der Waals surface area contributed by atoms with Crippen molar-refractivity contribution in [2.24, 2.45) is 0 Å². The molecule has 0 atom stereocenters. The number of amides is 2. The number of hydrogen-bond donors (Lipinski definition) is 3. The number of phenolic OH excluding ortho intramolecular Hbond substituents is 1. The molecule has 3 N–H and O–H groups in total. The van der Waals surface area contributed by atoms with Crippen molar-refractivity contribution in [1.29, 1.82) is 0 Å². The lowest BCUT2D eigenvalue weighted by Crippen LogP contribution is -2.49. The molecule has 1 saturated heterocycles. The Morgan fingerprint density at radius 2 is 1.56 bits per heavy atom. The zero-order valence-corrected chi connectivity index (χ0v) is 33.0.